The molecule has 1 saturated heterocycles. The Balaban J connectivity index is 0.00000200. The Hall–Kier alpha value is -1.59. The van der Waals surface area contributed by atoms with Gasteiger partial charge in [0.05, 0.1) is 6.04 Å². The lowest BCUT2D eigenvalue weighted by Crippen LogP contribution is -2.37. The molecule has 20 heavy (non-hydrogen) atoms. The molecule has 110 valence electrons. The molecule has 1 aromatic rings. The van der Waals surface area contributed by atoms with E-state index in [9.17, 15) is 9.59 Å². The van der Waals surface area contributed by atoms with Crippen molar-refractivity contribution in [1.82, 2.24) is 5.32 Å². The highest BCUT2D eigenvalue weighted by molar-refractivity contribution is 5.95. The average molecular weight is 298 g/mol. The lowest BCUT2D eigenvalue weighted by molar-refractivity contribution is -0.122. The van der Waals surface area contributed by atoms with E-state index in [1.165, 1.54) is 0 Å². The van der Waals surface area contributed by atoms with Crippen molar-refractivity contribution in [3.63, 3.8) is 0 Å². The molecule has 0 spiro atoms. The predicted octanol–water partition coefficient (Wildman–Crippen LogP) is 1.20. The second-order valence-electron chi connectivity index (χ2n) is 4.83. The normalized spacial score (nSPS) is 15.7. The van der Waals surface area contributed by atoms with Crippen LogP contribution in [0.1, 0.15) is 25.3 Å². The van der Waals surface area contributed by atoms with Crippen LogP contribution >= 0.6 is 12.4 Å². The van der Waals surface area contributed by atoms with Gasteiger partial charge in [0.15, 0.2) is 0 Å². The van der Waals surface area contributed by atoms with E-state index >= 15 is 0 Å². The number of carbonyl (C=O) groups excluding carboxylic acids is 2. The summed E-state index contributed by atoms with van der Waals surface area (Å²) in [5, 5.41) is 2.76. The highest BCUT2D eigenvalue weighted by Gasteiger charge is 2.21. The fraction of sp³-hybridized carbons (Fsp3) is 0.429. The van der Waals surface area contributed by atoms with Crippen LogP contribution in [0.4, 0.5) is 5.69 Å². The van der Waals surface area contributed by atoms with Crippen molar-refractivity contribution in [2.75, 3.05) is 11.4 Å². The largest absolute Gasteiger partial charge is 0.351 e. The van der Waals surface area contributed by atoms with Crippen molar-refractivity contribution in [2.24, 2.45) is 5.73 Å². The summed E-state index contributed by atoms with van der Waals surface area (Å²) < 4.78 is 0. The quantitative estimate of drug-likeness (QED) is 0.877. The maximum absolute atomic E-state index is 11.7. The fourth-order valence-electron chi connectivity index (χ4n) is 2.11. The van der Waals surface area contributed by atoms with E-state index in [4.69, 9.17) is 5.73 Å². The van der Waals surface area contributed by atoms with Crippen LogP contribution < -0.4 is 16.0 Å². The Kier molecular flexibility index (Phi) is 5.98. The Labute approximate surface area is 124 Å². The topological polar surface area (TPSA) is 75.4 Å². The summed E-state index contributed by atoms with van der Waals surface area (Å²) in [4.78, 5) is 24.9. The van der Waals surface area contributed by atoms with Crippen LogP contribution in [-0.4, -0.2) is 24.4 Å². The summed E-state index contributed by atoms with van der Waals surface area (Å²) in [6.07, 6.45) is 1.52. The van der Waals surface area contributed by atoms with Gasteiger partial charge in [-0.3, -0.25) is 9.59 Å². The van der Waals surface area contributed by atoms with Gasteiger partial charge >= 0.3 is 0 Å². The molecule has 1 heterocycles. The van der Waals surface area contributed by atoms with Crippen LogP contribution in [0.5, 0.6) is 0 Å². The van der Waals surface area contributed by atoms with Crippen molar-refractivity contribution in [3.05, 3.63) is 29.8 Å². The summed E-state index contributed by atoms with van der Waals surface area (Å²) >= 11 is 0. The first-order valence-electron chi connectivity index (χ1n) is 6.50. The minimum atomic E-state index is -0.511. The SMILES string of the molecule is CC(N)C(=O)NCc1cccc(N2CCCC2=O)c1.Cl. The van der Waals surface area contributed by atoms with Gasteiger partial charge in [-0.1, -0.05) is 12.1 Å². The molecule has 1 atom stereocenters. The maximum atomic E-state index is 11.7. The van der Waals surface area contributed by atoms with Crippen molar-refractivity contribution in [3.8, 4) is 0 Å². The first-order valence-corrected chi connectivity index (χ1v) is 6.50. The molecule has 1 aromatic carbocycles. The highest BCUT2D eigenvalue weighted by Crippen LogP contribution is 2.22. The van der Waals surface area contributed by atoms with E-state index in [1.807, 2.05) is 24.3 Å². The zero-order valence-corrected chi connectivity index (χ0v) is 12.3. The van der Waals surface area contributed by atoms with Gasteiger partial charge in [0.2, 0.25) is 11.8 Å². The van der Waals surface area contributed by atoms with E-state index in [0.717, 1.165) is 24.2 Å². The molecular weight excluding hydrogens is 278 g/mol. The lowest BCUT2D eigenvalue weighted by Gasteiger charge is -2.17. The minimum Gasteiger partial charge on any atom is -0.351 e. The average Bonchev–Trinajstić information content (AvgIpc) is 2.82. The Bertz CT molecular complexity index is 491. The molecule has 1 unspecified atom stereocenters. The number of carbonyl (C=O) groups is 2. The molecule has 2 amide bonds. The molecule has 0 radical (unpaired) electrons. The number of nitrogens with zero attached hydrogens (tertiary/aromatic N) is 1. The van der Waals surface area contributed by atoms with Crippen LogP contribution in [0.2, 0.25) is 0 Å². The number of halogens is 1. The number of rotatable bonds is 4. The summed E-state index contributed by atoms with van der Waals surface area (Å²) in [6, 6.07) is 7.16. The van der Waals surface area contributed by atoms with Gasteiger partial charge in [0.25, 0.3) is 0 Å². The van der Waals surface area contributed by atoms with Gasteiger partial charge in [-0.2, -0.15) is 0 Å². The van der Waals surface area contributed by atoms with Crippen LogP contribution in [-0.2, 0) is 16.1 Å². The fourth-order valence-corrected chi connectivity index (χ4v) is 2.11. The number of nitrogens with two attached hydrogens (primary N) is 1. The first-order chi connectivity index (χ1) is 9.08. The van der Waals surface area contributed by atoms with Gasteiger partial charge in [-0.25, -0.2) is 0 Å². The Morgan fingerprint density at radius 1 is 1.50 bits per heavy atom. The number of benzene rings is 1. The van der Waals surface area contributed by atoms with Crippen LogP contribution in [0.3, 0.4) is 0 Å². The number of anilines is 1. The third-order valence-electron chi connectivity index (χ3n) is 3.18. The highest BCUT2D eigenvalue weighted by atomic mass is 35.5. The van der Waals surface area contributed by atoms with Crippen molar-refractivity contribution in [1.29, 1.82) is 0 Å². The molecule has 0 saturated carbocycles. The summed E-state index contributed by atoms with van der Waals surface area (Å²) in [5.74, 6) is -0.0144. The predicted molar refractivity (Wildman–Crippen MR) is 80.8 cm³/mol. The molecule has 0 aliphatic carbocycles. The number of amides is 2. The zero-order chi connectivity index (χ0) is 13.8. The first kappa shape index (κ1) is 16.5. The molecule has 1 aliphatic heterocycles. The lowest BCUT2D eigenvalue weighted by atomic mass is 10.2. The third-order valence-corrected chi connectivity index (χ3v) is 3.18. The summed E-state index contributed by atoms with van der Waals surface area (Å²) in [7, 11) is 0. The van der Waals surface area contributed by atoms with Crippen LogP contribution in [0.25, 0.3) is 0 Å². The second-order valence-corrected chi connectivity index (χ2v) is 4.83. The summed E-state index contributed by atoms with van der Waals surface area (Å²) in [5.41, 5.74) is 7.35. The van der Waals surface area contributed by atoms with E-state index in [0.29, 0.717) is 13.0 Å². The van der Waals surface area contributed by atoms with Gasteiger partial charge in [-0.15, -0.1) is 12.4 Å². The smallest absolute Gasteiger partial charge is 0.236 e. The molecule has 3 N–H and O–H groups in total. The standard InChI is InChI=1S/C14H19N3O2.ClH/c1-10(15)14(19)16-9-11-4-2-5-12(8-11)17-7-3-6-13(17)18;/h2,4-5,8,10H,3,6-7,9,15H2,1H3,(H,16,19);1H. The molecule has 0 bridgehead atoms. The second kappa shape index (κ2) is 7.26. The third kappa shape index (κ3) is 3.95. The van der Waals surface area contributed by atoms with Gasteiger partial charge in [0, 0.05) is 25.2 Å². The monoisotopic (exact) mass is 297 g/mol. The van der Waals surface area contributed by atoms with Crippen molar-refractivity contribution < 1.29 is 9.59 Å². The van der Waals surface area contributed by atoms with Gasteiger partial charge in [-0.05, 0) is 31.0 Å². The summed E-state index contributed by atoms with van der Waals surface area (Å²) in [6.45, 7) is 2.85. The number of nitrogens with one attached hydrogen (secondary N) is 1. The molecule has 1 aliphatic rings. The van der Waals surface area contributed by atoms with E-state index in [-0.39, 0.29) is 24.2 Å². The van der Waals surface area contributed by atoms with E-state index in [2.05, 4.69) is 5.32 Å². The Morgan fingerprint density at radius 2 is 2.25 bits per heavy atom. The molecule has 5 nitrogen and oxygen atoms in total. The molecule has 1 fully saturated rings. The van der Waals surface area contributed by atoms with Gasteiger partial charge in [0.1, 0.15) is 0 Å². The van der Waals surface area contributed by atoms with Gasteiger partial charge < -0.3 is 16.0 Å². The number of hydrogen-bond donors (Lipinski definition) is 2. The van der Waals surface area contributed by atoms with Crippen molar-refractivity contribution >= 4 is 29.9 Å². The molecule has 0 aromatic heterocycles. The molecule has 2 rings (SSSR count). The molecule has 6 heteroatoms. The maximum Gasteiger partial charge on any atom is 0.236 e. The zero-order valence-electron chi connectivity index (χ0n) is 11.5. The Morgan fingerprint density at radius 3 is 2.85 bits per heavy atom. The van der Waals surface area contributed by atoms with E-state index in [1.54, 1.807) is 11.8 Å². The number of hydrogen-bond acceptors (Lipinski definition) is 3. The van der Waals surface area contributed by atoms with Crippen LogP contribution in [0.15, 0.2) is 24.3 Å². The minimum absolute atomic E-state index is 0. The van der Waals surface area contributed by atoms with Crippen LogP contribution in [0, 0.1) is 0 Å². The van der Waals surface area contributed by atoms with E-state index < -0.39 is 6.04 Å². The molecular formula is C14H20ClN3O2. The van der Waals surface area contributed by atoms with Crippen molar-refractivity contribution in [2.45, 2.75) is 32.4 Å².